The van der Waals surface area contributed by atoms with E-state index in [4.69, 9.17) is 0 Å². The maximum Gasteiger partial charge on any atom is 0.337 e. The molecule has 1 aromatic heterocycles. The highest BCUT2D eigenvalue weighted by Gasteiger charge is 2.15. The first-order valence-corrected chi connectivity index (χ1v) is 8.24. The maximum atomic E-state index is 12.4. The maximum absolute atomic E-state index is 12.4. The van der Waals surface area contributed by atoms with Crippen molar-refractivity contribution in [1.29, 1.82) is 0 Å². The SMILES string of the molecule is COC(=O)c1ccc(NC(=O)c2cc(N3CCCCC3)ncn2)cc1. The molecule has 1 saturated heterocycles. The summed E-state index contributed by atoms with van der Waals surface area (Å²) in [6.07, 6.45) is 4.92. The normalized spacial score (nSPS) is 14.0. The van der Waals surface area contributed by atoms with Crippen LogP contribution in [0.5, 0.6) is 0 Å². The Labute approximate surface area is 146 Å². The van der Waals surface area contributed by atoms with E-state index in [-0.39, 0.29) is 5.91 Å². The van der Waals surface area contributed by atoms with Gasteiger partial charge in [0.25, 0.3) is 5.91 Å². The molecule has 25 heavy (non-hydrogen) atoms. The van der Waals surface area contributed by atoms with E-state index in [9.17, 15) is 9.59 Å². The molecule has 0 spiro atoms. The minimum atomic E-state index is -0.417. The Morgan fingerprint density at radius 2 is 1.80 bits per heavy atom. The van der Waals surface area contributed by atoms with Crippen molar-refractivity contribution in [2.45, 2.75) is 19.3 Å². The van der Waals surface area contributed by atoms with Crippen molar-refractivity contribution in [2.75, 3.05) is 30.4 Å². The second-order valence-electron chi connectivity index (χ2n) is 5.83. The fourth-order valence-electron chi connectivity index (χ4n) is 2.77. The summed E-state index contributed by atoms with van der Waals surface area (Å²) in [6, 6.07) is 8.21. The van der Waals surface area contributed by atoms with E-state index in [1.807, 2.05) is 0 Å². The monoisotopic (exact) mass is 340 g/mol. The van der Waals surface area contributed by atoms with Gasteiger partial charge in [-0.1, -0.05) is 0 Å². The number of methoxy groups -OCH3 is 1. The number of nitrogens with zero attached hydrogens (tertiary/aromatic N) is 3. The summed E-state index contributed by atoms with van der Waals surface area (Å²) in [4.78, 5) is 34.4. The number of hydrogen-bond acceptors (Lipinski definition) is 6. The number of aromatic nitrogens is 2. The average Bonchev–Trinajstić information content (AvgIpc) is 2.68. The second kappa shape index (κ2) is 7.74. The molecule has 130 valence electrons. The highest BCUT2D eigenvalue weighted by Crippen LogP contribution is 2.18. The first-order valence-electron chi connectivity index (χ1n) is 8.24. The molecule has 1 aliphatic rings. The fraction of sp³-hybridized carbons (Fsp3) is 0.333. The van der Waals surface area contributed by atoms with E-state index < -0.39 is 5.97 Å². The molecule has 1 aliphatic heterocycles. The molecule has 0 unspecified atom stereocenters. The Kier molecular flexibility index (Phi) is 5.23. The Morgan fingerprint density at radius 3 is 2.48 bits per heavy atom. The lowest BCUT2D eigenvalue weighted by Gasteiger charge is -2.27. The van der Waals surface area contributed by atoms with E-state index >= 15 is 0 Å². The van der Waals surface area contributed by atoms with Crippen molar-refractivity contribution >= 4 is 23.4 Å². The Hall–Kier alpha value is -2.96. The van der Waals surface area contributed by atoms with Gasteiger partial charge in [0.2, 0.25) is 0 Å². The van der Waals surface area contributed by atoms with Crippen molar-refractivity contribution in [1.82, 2.24) is 9.97 Å². The van der Waals surface area contributed by atoms with Gasteiger partial charge in [0.1, 0.15) is 17.8 Å². The minimum absolute atomic E-state index is 0.313. The van der Waals surface area contributed by atoms with Crippen LogP contribution in [0.15, 0.2) is 36.7 Å². The Bertz CT molecular complexity index is 755. The van der Waals surface area contributed by atoms with Crippen molar-refractivity contribution in [2.24, 2.45) is 0 Å². The molecule has 7 heteroatoms. The fourth-order valence-corrected chi connectivity index (χ4v) is 2.77. The van der Waals surface area contributed by atoms with Crippen LogP contribution >= 0.6 is 0 Å². The smallest absolute Gasteiger partial charge is 0.337 e. The van der Waals surface area contributed by atoms with E-state index in [1.165, 1.54) is 19.9 Å². The molecule has 0 atom stereocenters. The zero-order chi connectivity index (χ0) is 17.6. The number of carbonyl (C=O) groups is 2. The van der Waals surface area contributed by atoms with Crippen LogP contribution in [0.4, 0.5) is 11.5 Å². The first kappa shape index (κ1) is 16.9. The molecule has 2 aromatic rings. The summed E-state index contributed by atoms with van der Waals surface area (Å²) in [5, 5.41) is 2.77. The van der Waals surface area contributed by atoms with Gasteiger partial charge in [-0.25, -0.2) is 14.8 Å². The number of esters is 1. The molecule has 0 bridgehead atoms. The molecule has 0 saturated carbocycles. The van der Waals surface area contributed by atoms with Crippen LogP contribution in [0.3, 0.4) is 0 Å². The standard InChI is InChI=1S/C18H20N4O3/c1-25-18(24)13-5-7-14(8-6-13)21-17(23)15-11-16(20-12-19-15)22-9-3-2-4-10-22/h5-8,11-12H,2-4,9-10H2,1H3,(H,21,23). The Morgan fingerprint density at radius 1 is 1.08 bits per heavy atom. The second-order valence-corrected chi connectivity index (χ2v) is 5.83. The van der Waals surface area contributed by atoms with Crippen LogP contribution in [-0.2, 0) is 4.74 Å². The van der Waals surface area contributed by atoms with E-state index in [1.54, 1.807) is 30.3 Å². The quantitative estimate of drug-likeness (QED) is 0.861. The predicted octanol–water partition coefficient (Wildman–Crippen LogP) is 2.51. The topological polar surface area (TPSA) is 84.4 Å². The molecule has 1 fully saturated rings. The van der Waals surface area contributed by atoms with E-state index in [0.29, 0.717) is 16.9 Å². The van der Waals surface area contributed by atoms with Gasteiger partial charge in [-0.3, -0.25) is 4.79 Å². The number of nitrogens with one attached hydrogen (secondary N) is 1. The molecule has 7 nitrogen and oxygen atoms in total. The van der Waals surface area contributed by atoms with Crippen LogP contribution < -0.4 is 10.2 Å². The number of hydrogen-bond donors (Lipinski definition) is 1. The van der Waals surface area contributed by atoms with Gasteiger partial charge in [0, 0.05) is 24.8 Å². The third kappa shape index (κ3) is 4.12. The number of anilines is 2. The lowest BCUT2D eigenvalue weighted by atomic mass is 10.1. The number of rotatable bonds is 4. The zero-order valence-electron chi connectivity index (χ0n) is 14.1. The summed E-state index contributed by atoms with van der Waals surface area (Å²) in [7, 11) is 1.33. The highest BCUT2D eigenvalue weighted by molar-refractivity contribution is 6.03. The van der Waals surface area contributed by atoms with Gasteiger partial charge in [-0.05, 0) is 43.5 Å². The lowest BCUT2D eigenvalue weighted by molar-refractivity contribution is 0.0600. The van der Waals surface area contributed by atoms with Gasteiger partial charge >= 0.3 is 5.97 Å². The molecule has 1 N–H and O–H groups in total. The third-order valence-electron chi connectivity index (χ3n) is 4.13. The summed E-state index contributed by atoms with van der Waals surface area (Å²) < 4.78 is 4.65. The molecule has 1 amide bonds. The summed E-state index contributed by atoms with van der Waals surface area (Å²) in [6.45, 7) is 1.90. The molecule has 0 aliphatic carbocycles. The van der Waals surface area contributed by atoms with Gasteiger partial charge in [0.15, 0.2) is 0 Å². The number of piperidine rings is 1. The Balaban J connectivity index is 1.69. The molecule has 3 rings (SSSR count). The van der Waals surface area contributed by atoms with Crippen LogP contribution in [0.2, 0.25) is 0 Å². The van der Waals surface area contributed by atoms with Gasteiger partial charge in [0.05, 0.1) is 12.7 Å². The first-order chi connectivity index (χ1) is 12.2. The van der Waals surface area contributed by atoms with Crippen molar-refractivity contribution in [3.8, 4) is 0 Å². The summed E-state index contributed by atoms with van der Waals surface area (Å²) in [5.74, 6) is 0.0483. The van der Waals surface area contributed by atoms with Gasteiger partial charge < -0.3 is 15.0 Å². The predicted molar refractivity (Wildman–Crippen MR) is 93.8 cm³/mol. The van der Waals surface area contributed by atoms with Gasteiger partial charge in [-0.2, -0.15) is 0 Å². The minimum Gasteiger partial charge on any atom is -0.465 e. The zero-order valence-corrected chi connectivity index (χ0v) is 14.1. The molecular formula is C18H20N4O3. The highest BCUT2D eigenvalue weighted by atomic mass is 16.5. The van der Waals surface area contributed by atoms with Crippen molar-refractivity contribution in [3.63, 3.8) is 0 Å². The molecule has 2 heterocycles. The van der Waals surface area contributed by atoms with Crippen LogP contribution in [-0.4, -0.2) is 42.0 Å². The number of ether oxygens (including phenoxy) is 1. The van der Waals surface area contributed by atoms with Crippen LogP contribution in [0.25, 0.3) is 0 Å². The van der Waals surface area contributed by atoms with Crippen LogP contribution in [0.1, 0.15) is 40.1 Å². The third-order valence-corrected chi connectivity index (χ3v) is 4.13. The summed E-state index contributed by atoms with van der Waals surface area (Å²) in [5.41, 5.74) is 1.32. The van der Waals surface area contributed by atoms with E-state index in [0.717, 1.165) is 31.7 Å². The van der Waals surface area contributed by atoms with Crippen molar-refractivity contribution in [3.05, 3.63) is 47.9 Å². The van der Waals surface area contributed by atoms with Gasteiger partial charge in [-0.15, -0.1) is 0 Å². The van der Waals surface area contributed by atoms with Crippen molar-refractivity contribution < 1.29 is 14.3 Å². The number of amides is 1. The average molecular weight is 340 g/mol. The number of carbonyl (C=O) groups excluding carboxylic acids is 2. The molecule has 0 radical (unpaired) electrons. The van der Waals surface area contributed by atoms with E-state index in [2.05, 4.69) is 24.9 Å². The number of benzene rings is 1. The molecular weight excluding hydrogens is 320 g/mol. The molecule has 1 aromatic carbocycles. The largest absolute Gasteiger partial charge is 0.465 e. The summed E-state index contributed by atoms with van der Waals surface area (Å²) >= 11 is 0. The van der Waals surface area contributed by atoms with Crippen LogP contribution in [0, 0.1) is 0 Å². The lowest BCUT2D eigenvalue weighted by Crippen LogP contribution is -2.30.